The lowest BCUT2D eigenvalue weighted by Gasteiger charge is -1.93. The molecule has 0 spiro atoms. The summed E-state index contributed by atoms with van der Waals surface area (Å²) < 4.78 is 1.07. The maximum absolute atomic E-state index is 7.10. The van der Waals surface area contributed by atoms with Crippen molar-refractivity contribution in [1.29, 1.82) is 5.41 Å². The Labute approximate surface area is 78.1 Å². The van der Waals surface area contributed by atoms with Gasteiger partial charge in [0.15, 0.2) is 0 Å². The van der Waals surface area contributed by atoms with Gasteiger partial charge in [0.05, 0.1) is 5.84 Å². The second kappa shape index (κ2) is 3.36. The van der Waals surface area contributed by atoms with Crippen molar-refractivity contribution in [3.05, 3.63) is 20.3 Å². The summed E-state index contributed by atoms with van der Waals surface area (Å²) in [5.74, 6) is 0.215. The highest BCUT2D eigenvalue weighted by Crippen LogP contribution is 2.26. The summed E-state index contributed by atoms with van der Waals surface area (Å²) in [6, 6.07) is 2.04. The fourth-order valence-corrected chi connectivity index (χ4v) is 2.65. The van der Waals surface area contributed by atoms with Crippen LogP contribution >= 0.6 is 27.3 Å². The van der Waals surface area contributed by atoms with E-state index in [1.165, 1.54) is 4.88 Å². The molecule has 0 aromatic carbocycles. The lowest BCUT2D eigenvalue weighted by molar-refractivity contribution is 1.28. The molecular formula is C7H9BrN2S. The van der Waals surface area contributed by atoms with Crippen molar-refractivity contribution in [3.63, 3.8) is 0 Å². The Balaban J connectivity index is 2.85. The Morgan fingerprint density at radius 2 is 2.45 bits per heavy atom. The Bertz CT molecular complexity index is 280. The zero-order valence-corrected chi connectivity index (χ0v) is 8.55. The van der Waals surface area contributed by atoms with Crippen LogP contribution in [0.25, 0.3) is 0 Å². The summed E-state index contributed by atoms with van der Waals surface area (Å²) in [6.07, 6.45) is 0.555. The summed E-state index contributed by atoms with van der Waals surface area (Å²) >= 11 is 5.08. The third-order valence-electron chi connectivity index (χ3n) is 1.23. The van der Waals surface area contributed by atoms with Crippen molar-refractivity contribution < 1.29 is 0 Å². The van der Waals surface area contributed by atoms with Crippen molar-refractivity contribution in [2.75, 3.05) is 0 Å². The molecule has 0 atom stereocenters. The Hall–Kier alpha value is -0.350. The van der Waals surface area contributed by atoms with Crippen LogP contribution in [0.1, 0.15) is 9.75 Å². The van der Waals surface area contributed by atoms with E-state index in [1.54, 1.807) is 11.3 Å². The summed E-state index contributed by atoms with van der Waals surface area (Å²) in [5.41, 5.74) is 5.27. The molecule has 2 nitrogen and oxygen atoms in total. The van der Waals surface area contributed by atoms with Gasteiger partial charge >= 0.3 is 0 Å². The van der Waals surface area contributed by atoms with Crippen LogP contribution in [0.3, 0.4) is 0 Å². The largest absolute Gasteiger partial charge is 0.387 e. The Morgan fingerprint density at radius 3 is 2.82 bits per heavy atom. The average molecular weight is 233 g/mol. The maximum atomic E-state index is 7.10. The van der Waals surface area contributed by atoms with E-state index < -0.39 is 0 Å². The molecule has 1 aromatic heterocycles. The summed E-state index contributed by atoms with van der Waals surface area (Å²) in [7, 11) is 0. The van der Waals surface area contributed by atoms with E-state index in [0.717, 1.165) is 9.35 Å². The summed E-state index contributed by atoms with van der Waals surface area (Å²) in [6.45, 7) is 2.04. The monoisotopic (exact) mass is 232 g/mol. The molecule has 0 fully saturated rings. The first-order valence-electron chi connectivity index (χ1n) is 3.17. The number of hydrogen-bond donors (Lipinski definition) is 2. The molecule has 60 valence electrons. The molecule has 0 amide bonds. The van der Waals surface area contributed by atoms with E-state index >= 15 is 0 Å². The van der Waals surface area contributed by atoms with Gasteiger partial charge in [-0.1, -0.05) is 0 Å². The van der Waals surface area contributed by atoms with Gasteiger partial charge in [-0.3, -0.25) is 5.41 Å². The molecule has 0 aliphatic heterocycles. The van der Waals surface area contributed by atoms with Crippen molar-refractivity contribution in [2.45, 2.75) is 13.3 Å². The lowest BCUT2D eigenvalue weighted by atomic mass is 10.3. The van der Waals surface area contributed by atoms with Crippen LogP contribution in [0.4, 0.5) is 0 Å². The number of thiophene rings is 1. The molecular weight excluding hydrogens is 224 g/mol. The number of nitrogens with two attached hydrogens (primary N) is 1. The van der Waals surface area contributed by atoms with Gasteiger partial charge in [-0.15, -0.1) is 11.3 Å². The third kappa shape index (κ3) is 2.31. The van der Waals surface area contributed by atoms with Crippen LogP contribution in [-0.4, -0.2) is 5.84 Å². The minimum absolute atomic E-state index is 0.215. The fourth-order valence-electron chi connectivity index (χ4n) is 0.825. The Morgan fingerprint density at radius 1 is 1.82 bits per heavy atom. The first-order valence-corrected chi connectivity index (χ1v) is 4.78. The predicted octanol–water partition coefficient (Wildman–Crippen LogP) is 2.30. The van der Waals surface area contributed by atoms with E-state index in [-0.39, 0.29) is 5.84 Å². The molecule has 1 heterocycles. The highest BCUT2D eigenvalue weighted by Gasteiger charge is 2.04. The maximum Gasteiger partial charge on any atom is 0.0958 e. The molecule has 0 radical (unpaired) electrons. The predicted molar refractivity (Wildman–Crippen MR) is 52.4 cm³/mol. The topological polar surface area (TPSA) is 49.9 Å². The summed E-state index contributed by atoms with van der Waals surface area (Å²) in [5, 5.41) is 7.10. The molecule has 1 rings (SSSR count). The number of rotatable bonds is 2. The normalized spacial score (nSPS) is 10.0. The van der Waals surface area contributed by atoms with E-state index in [0.29, 0.717) is 6.42 Å². The van der Waals surface area contributed by atoms with Crippen LogP contribution in [0, 0.1) is 12.3 Å². The molecule has 0 aliphatic rings. The van der Waals surface area contributed by atoms with Gasteiger partial charge < -0.3 is 5.73 Å². The van der Waals surface area contributed by atoms with Crippen molar-refractivity contribution in [3.8, 4) is 0 Å². The van der Waals surface area contributed by atoms with Crippen molar-refractivity contribution in [2.24, 2.45) is 5.73 Å². The Kier molecular flexibility index (Phi) is 2.67. The molecule has 0 saturated heterocycles. The quantitative estimate of drug-likeness (QED) is 0.597. The van der Waals surface area contributed by atoms with Crippen LogP contribution in [-0.2, 0) is 6.42 Å². The minimum atomic E-state index is 0.215. The van der Waals surface area contributed by atoms with Crippen LogP contribution in [0.5, 0.6) is 0 Å². The van der Waals surface area contributed by atoms with Crippen LogP contribution < -0.4 is 5.73 Å². The molecule has 0 aliphatic carbocycles. The van der Waals surface area contributed by atoms with Gasteiger partial charge in [0, 0.05) is 20.6 Å². The van der Waals surface area contributed by atoms with E-state index in [1.807, 2.05) is 13.0 Å². The zero-order chi connectivity index (χ0) is 8.43. The zero-order valence-electron chi connectivity index (χ0n) is 6.15. The standard InChI is InChI=1S/C7H9BrN2S/c1-4-2-5(8)6(11-4)3-7(9)10/h2H,3H2,1H3,(H3,9,10). The highest BCUT2D eigenvalue weighted by atomic mass is 79.9. The molecule has 11 heavy (non-hydrogen) atoms. The third-order valence-corrected chi connectivity index (χ3v) is 3.25. The highest BCUT2D eigenvalue weighted by molar-refractivity contribution is 9.10. The SMILES string of the molecule is Cc1cc(Br)c(CC(=N)N)s1. The number of aryl methyl sites for hydroxylation is 1. The van der Waals surface area contributed by atoms with Gasteiger partial charge in [-0.25, -0.2) is 0 Å². The molecule has 0 bridgehead atoms. The molecule has 4 heteroatoms. The number of hydrogen-bond acceptors (Lipinski definition) is 2. The fraction of sp³-hybridized carbons (Fsp3) is 0.286. The molecule has 0 saturated carbocycles. The van der Waals surface area contributed by atoms with E-state index in [2.05, 4.69) is 15.9 Å². The minimum Gasteiger partial charge on any atom is -0.387 e. The van der Waals surface area contributed by atoms with Crippen LogP contribution in [0.15, 0.2) is 10.5 Å². The molecule has 1 aromatic rings. The molecule has 3 N–H and O–H groups in total. The molecule has 0 unspecified atom stereocenters. The number of nitrogens with one attached hydrogen (secondary N) is 1. The summed E-state index contributed by atoms with van der Waals surface area (Å²) in [4.78, 5) is 2.38. The van der Waals surface area contributed by atoms with Gasteiger partial charge in [-0.2, -0.15) is 0 Å². The van der Waals surface area contributed by atoms with Gasteiger partial charge in [0.1, 0.15) is 0 Å². The van der Waals surface area contributed by atoms with E-state index in [4.69, 9.17) is 11.1 Å². The second-order valence-electron chi connectivity index (χ2n) is 2.33. The van der Waals surface area contributed by atoms with Gasteiger partial charge in [0.2, 0.25) is 0 Å². The first kappa shape index (κ1) is 8.74. The van der Waals surface area contributed by atoms with Crippen molar-refractivity contribution >= 4 is 33.1 Å². The van der Waals surface area contributed by atoms with Crippen molar-refractivity contribution in [1.82, 2.24) is 0 Å². The first-order chi connectivity index (χ1) is 5.09. The van der Waals surface area contributed by atoms with Gasteiger partial charge in [-0.05, 0) is 28.9 Å². The van der Waals surface area contributed by atoms with E-state index in [9.17, 15) is 0 Å². The lowest BCUT2D eigenvalue weighted by Crippen LogP contribution is -2.11. The number of amidine groups is 1. The van der Waals surface area contributed by atoms with Gasteiger partial charge in [0.25, 0.3) is 0 Å². The van der Waals surface area contributed by atoms with Crippen LogP contribution in [0.2, 0.25) is 0 Å². The number of halogens is 1. The average Bonchev–Trinajstić information content (AvgIpc) is 2.09. The second-order valence-corrected chi connectivity index (χ2v) is 4.53. The smallest absolute Gasteiger partial charge is 0.0958 e.